The number of pyridine rings is 1. The summed E-state index contributed by atoms with van der Waals surface area (Å²) in [4.78, 5) is 20.0. The Bertz CT molecular complexity index is 1270. The Morgan fingerprint density at radius 1 is 1.09 bits per heavy atom. The molecule has 1 aromatic carbocycles. The summed E-state index contributed by atoms with van der Waals surface area (Å²) in [5, 5.41) is 0.462. The van der Waals surface area contributed by atoms with Crippen LogP contribution in [0.15, 0.2) is 86.2 Å². The molecule has 2 N–H and O–H groups in total. The molecule has 2 aromatic rings. The second kappa shape index (κ2) is 7.78. The van der Waals surface area contributed by atoms with Gasteiger partial charge in [0.25, 0.3) is 0 Å². The highest BCUT2D eigenvalue weighted by molar-refractivity contribution is 8.03. The van der Waals surface area contributed by atoms with E-state index in [1.807, 2.05) is 42.5 Å². The van der Waals surface area contributed by atoms with E-state index in [1.54, 1.807) is 6.20 Å². The van der Waals surface area contributed by atoms with E-state index >= 15 is 0 Å². The van der Waals surface area contributed by atoms with Gasteiger partial charge in [-0.1, -0.05) is 47.6 Å². The van der Waals surface area contributed by atoms with Gasteiger partial charge in [-0.3, -0.25) is 0 Å². The number of amidine groups is 1. The fraction of sp³-hybridized carbons (Fsp3) is 0.240. The Morgan fingerprint density at radius 3 is 2.61 bits per heavy atom. The van der Waals surface area contributed by atoms with Gasteiger partial charge in [0.15, 0.2) is 0 Å². The molecule has 0 saturated carbocycles. The molecule has 33 heavy (non-hydrogen) atoms. The van der Waals surface area contributed by atoms with Crippen molar-refractivity contribution in [3.05, 3.63) is 87.5 Å². The van der Waals surface area contributed by atoms with Crippen molar-refractivity contribution in [3.63, 3.8) is 0 Å². The van der Waals surface area contributed by atoms with E-state index in [0.29, 0.717) is 16.3 Å². The predicted octanol–water partition coefficient (Wildman–Crippen LogP) is 4.51. The molecule has 8 heteroatoms. The van der Waals surface area contributed by atoms with Crippen LogP contribution < -0.4 is 5.73 Å². The van der Waals surface area contributed by atoms with Crippen molar-refractivity contribution in [1.29, 1.82) is 0 Å². The fourth-order valence-corrected chi connectivity index (χ4v) is 6.22. The zero-order valence-corrected chi connectivity index (χ0v) is 19.8. The largest absolute Gasteiger partial charge is 0.382 e. The predicted molar refractivity (Wildman–Crippen MR) is 135 cm³/mol. The summed E-state index contributed by atoms with van der Waals surface area (Å²) in [6, 6.07) is 10.7. The highest BCUT2D eigenvalue weighted by Crippen LogP contribution is 2.45. The quantitative estimate of drug-likeness (QED) is 0.709. The minimum Gasteiger partial charge on any atom is -0.382 e. The van der Waals surface area contributed by atoms with Crippen LogP contribution in [0.5, 0.6) is 0 Å². The van der Waals surface area contributed by atoms with Crippen molar-refractivity contribution in [2.45, 2.75) is 17.7 Å². The van der Waals surface area contributed by atoms with Gasteiger partial charge in [-0.15, -0.1) is 0 Å². The number of hydrogen-bond donors (Lipinski definition) is 1. The number of halogens is 1. The van der Waals surface area contributed by atoms with Gasteiger partial charge in [-0.25, -0.2) is 15.0 Å². The molecule has 166 valence electrons. The van der Waals surface area contributed by atoms with Gasteiger partial charge in [0.1, 0.15) is 23.3 Å². The van der Waals surface area contributed by atoms with Gasteiger partial charge in [-0.05, 0) is 48.3 Å². The van der Waals surface area contributed by atoms with E-state index in [9.17, 15) is 0 Å². The van der Waals surface area contributed by atoms with Crippen molar-refractivity contribution in [1.82, 2.24) is 14.8 Å². The molecule has 1 spiro atoms. The average molecular weight is 475 g/mol. The third kappa shape index (κ3) is 3.56. The highest BCUT2D eigenvalue weighted by atomic mass is 35.5. The Morgan fingerprint density at radius 2 is 1.85 bits per heavy atom. The molecule has 0 unspecified atom stereocenters. The Balaban J connectivity index is 1.23. The minimum atomic E-state index is 0.328. The van der Waals surface area contributed by atoms with Crippen molar-refractivity contribution in [3.8, 4) is 0 Å². The van der Waals surface area contributed by atoms with Crippen LogP contribution in [0.4, 0.5) is 5.82 Å². The van der Waals surface area contributed by atoms with Gasteiger partial charge in [0.05, 0.1) is 9.93 Å². The lowest BCUT2D eigenvalue weighted by Gasteiger charge is -2.49. The molecule has 0 atom stereocenters. The molecule has 4 heterocycles. The van der Waals surface area contributed by atoms with Crippen molar-refractivity contribution in [2.75, 3.05) is 25.9 Å². The molecular formula is C25H23ClN6S. The topological polar surface area (TPSA) is 70.1 Å². The van der Waals surface area contributed by atoms with Gasteiger partial charge in [-0.2, -0.15) is 0 Å². The van der Waals surface area contributed by atoms with Gasteiger partial charge >= 0.3 is 0 Å². The monoisotopic (exact) mass is 474 g/mol. The molecule has 0 radical (unpaired) electrons. The van der Waals surface area contributed by atoms with Crippen molar-refractivity contribution < 1.29 is 0 Å². The molecule has 2 bridgehead atoms. The summed E-state index contributed by atoms with van der Waals surface area (Å²) >= 11 is 7.87. The number of allylic oxidation sites excluding steroid dienone is 2. The van der Waals surface area contributed by atoms with Crippen LogP contribution in [0.25, 0.3) is 0 Å². The second-order valence-corrected chi connectivity index (χ2v) is 10.4. The lowest BCUT2D eigenvalue weighted by Crippen LogP contribution is -2.56. The molecule has 3 aliphatic heterocycles. The number of thioether (sulfide) groups is 1. The first kappa shape index (κ1) is 20.6. The average Bonchev–Trinajstić information content (AvgIpc) is 3.18. The molecular weight excluding hydrogens is 452 g/mol. The van der Waals surface area contributed by atoms with Crippen molar-refractivity contribution >= 4 is 41.2 Å². The molecule has 4 aliphatic rings. The van der Waals surface area contributed by atoms with Gasteiger partial charge in [0.2, 0.25) is 0 Å². The lowest BCUT2D eigenvalue weighted by atomic mass is 9.77. The third-order valence-corrected chi connectivity index (χ3v) is 8.25. The van der Waals surface area contributed by atoms with Crippen LogP contribution in [0, 0.1) is 5.41 Å². The number of nitrogens with two attached hydrogens (primary N) is 1. The van der Waals surface area contributed by atoms with E-state index in [-0.39, 0.29) is 0 Å². The molecule has 0 amide bonds. The van der Waals surface area contributed by atoms with Crippen LogP contribution in [0.2, 0.25) is 5.02 Å². The fourth-order valence-electron chi connectivity index (χ4n) is 5.02. The van der Waals surface area contributed by atoms with E-state index in [4.69, 9.17) is 27.3 Å². The number of nitrogens with zero attached hydrogens (tertiary/aromatic N) is 5. The van der Waals surface area contributed by atoms with Crippen LogP contribution in [-0.4, -0.2) is 47.0 Å². The van der Waals surface area contributed by atoms with Crippen LogP contribution in [-0.2, 0) is 12.8 Å². The SMILES string of the molecule is CN1C2=NC(N3CC4(Cc5ccccc5C4)C3)=CC=NC1=C(Sc1ccnc(N)c1Cl)C=C2. The first-order valence-electron chi connectivity index (χ1n) is 10.9. The molecule has 1 fully saturated rings. The third-order valence-electron chi connectivity index (χ3n) is 6.64. The summed E-state index contributed by atoms with van der Waals surface area (Å²) in [6.45, 7) is 2.05. The smallest absolute Gasteiger partial charge is 0.147 e. The summed E-state index contributed by atoms with van der Waals surface area (Å²) in [6.07, 6.45) is 11.9. The number of nitrogen functional groups attached to an aromatic ring is 1. The maximum absolute atomic E-state index is 6.35. The number of likely N-dealkylation sites (N-methyl/N-ethyl adjacent to an activating group) is 1. The maximum atomic E-state index is 6.35. The summed E-state index contributed by atoms with van der Waals surface area (Å²) in [7, 11) is 1.99. The van der Waals surface area contributed by atoms with Gasteiger partial charge in [0, 0.05) is 42.9 Å². The first-order valence-corrected chi connectivity index (χ1v) is 12.1. The van der Waals surface area contributed by atoms with E-state index in [2.05, 4.69) is 34.1 Å². The number of anilines is 1. The number of aromatic nitrogens is 1. The number of rotatable bonds is 3. The number of hydrogen-bond acceptors (Lipinski definition) is 7. The molecule has 1 aromatic heterocycles. The minimum absolute atomic E-state index is 0.328. The zero-order chi connectivity index (χ0) is 22.6. The van der Waals surface area contributed by atoms with Crippen LogP contribution in [0.3, 0.4) is 0 Å². The van der Waals surface area contributed by atoms with Crippen molar-refractivity contribution in [2.24, 2.45) is 15.4 Å². The first-order chi connectivity index (χ1) is 16.0. The molecule has 1 saturated heterocycles. The van der Waals surface area contributed by atoms with E-state index < -0.39 is 0 Å². The zero-order valence-electron chi connectivity index (χ0n) is 18.2. The normalized spacial score (nSPS) is 20.3. The lowest BCUT2D eigenvalue weighted by molar-refractivity contribution is 0.0379. The number of fused-ring (bicyclic) bond motifs is 3. The van der Waals surface area contributed by atoms with Crippen LogP contribution in [0.1, 0.15) is 11.1 Å². The number of aliphatic imine (C=N–C) groups is 2. The summed E-state index contributed by atoms with van der Waals surface area (Å²) in [5.41, 5.74) is 9.22. The van der Waals surface area contributed by atoms with Gasteiger partial charge < -0.3 is 15.5 Å². The molecule has 1 aliphatic carbocycles. The Hall–Kier alpha value is -3.03. The highest BCUT2D eigenvalue weighted by Gasteiger charge is 2.47. The number of benzene rings is 1. The molecule has 6 rings (SSSR count). The molecule has 6 nitrogen and oxygen atoms in total. The Kier molecular flexibility index (Phi) is 4.85. The van der Waals surface area contributed by atoms with Crippen LogP contribution >= 0.6 is 23.4 Å². The summed E-state index contributed by atoms with van der Waals surface area (Å²) in [5.74, 6) is 2.99. The van der Waals surface area contributed by atoms with E-state index in [0.717, 1.165) is 53.2 Å². The standard InChI is InChI=1S/C25H23ClN6S/c1-31-20-7-6-19(33-18-8-10-28-23(27)22(18)26)24(31)29-11-9-21(30-20)32-14-25(15-32)12-16-4-2-3-5-17(16)13-25/h2-11H,12-15H2,1H3,(H2,27,28). The number of likely N-dealkylation sites (tertiary alicyclic amines) is 1. The van der Waals surface area contributed by atoms with E-state index in [1.165, 1.54) is 22.9 Å². The second-order valence-electron chi connectivity index (χ2n) is 8.94. The Labute approximate surface area is 202 Å². The maximum Gasteiger partial charge on any atom is 0.147 e. The summed E-state index contributed by atoms with van der Waals surface area (Å²) < 4.78 is 0.